The Balaban J connectivity index is 1.84. The van der Waals surface area contributed by atoms with Crippen LogP contribution in [0.4, 0.5) is 0 Å². The van der Waals surface area contributed by atoms with E-state index in [2.05, 4.69) is 4.98 Å². The molecular weight excluding hydrogens is 316 g/mol. The topological polar surface area (TPSA) is 68.7 Å². The quantitative estimate of drug-likeness (QED) is 0.854. The highest BCUT2D eigenvalue weighted by molar-refractivity contribution is 7.89. The summed E-state index contributed by atoms with van der Waals surface area (Å²) < 4.78 is 38.2. The lowest BCUT2D eigenvalue weighted by Gasteiger charge is -2.21. The van der Waals surface area contributed by atoms with Gasteiger partial charge in [-0.2, -0.15) is 4.31 Å². The summed E-state index contributed by atoms with van der Waals surface area (Å²) >= 11 is 0. The van der Waals surface area contributed by atoms with Crippen LogP contribution in [0.25, 0.3) is 0 Å². The van der Waals surface area contributed by atoms with Crippen molar-refractivity contribution >= 4 is 10.0 Å². The summed E-state index contributed by atoms with van der Waals surface area (Å²) in [6.07, 6.45) is 1.09. The highest BCUT2D eigenvalue weighted by atomic mass is 32.2. The summed E-state index contributed by atoms with van der Waals surface area (Å²) in [5.74, 6) is 0.845. The van der Waals surface area contributed by atoms with Crippen molar-refractivity contribution < 1.29 is 17.9 Å². The average Bonchev–Trinajstić information content (AvgIpc) is 2.68. The molecule has 1 unspecified atom stereocenters. The predicted molar refractivity (Wildman–Crippen MR) is 85.0 cm³/mol. The Morgan fingerprint density at radius 3 is 2.78 bits per heavy atom. The molecule has 0 amide bonds. The summed E-state index contributed by atoms with van der Waals surface area (Å²) in [6, 6.07) is 12.5. The van der Waals surface area contributed by atoms with Crippen LogP contribution in [-0.4, -0.2) is 43.5 Å². The normalized spacial score (nSPS) is 20.1. The second kappa shape index (κ2) is 6.55. The van der Waals surface area contributed by atoms with Gasteiger partial charge in [0.15, 0.2) is 0 Å². The van der Waals surface area contributed by atoms with E-state index in [1.807, 2.05) is 30.3 Å². The van der Waals surface area contributed by atoms with Gasteiger partial charge in [-0.15, -0.1) is 0 Å². The van der Waals surface area contributed by atoms with Crippen LogP contribution in [0.1, 0.15) is 6.92 Å². The minimum atomic E-state index is -3.59. The van der Waals surface area contributed by atoms with Gasteiger partial charge in [-0.25, -0.2) is 13.4 Å². The Bertz CT molecular complexity index is 765. The molecule has 1 aliphatic rings. The molecule has 7 heteroatoms. The zero-order valence-corrected chi connectivity index (χ0v) is 13.6. The van der Waals surface area contributed by atoms with Gasteiger partial charge < -0.3 is 9.47 Å². The van der Waals surface area contributed by atoms with Crippen LogP contribution in [-0.2, 0) is 10.0 Å². The molecule has 1 atom stereocenters. The molecule has 1 aromatic heterocycles. The number of benzene rings is 1. The van der Waals surface area contributed by atoms with E-state index in [1.165, 1.54) is 16.6 Å². The number of rotatable bonds is 4. The second-order valence-electron chi connectivity index (χ2n) is 5.13. The van der Waals surface area contributed by atoms with Gasteiger partial charge in [0.1, 0.15) is 23.4 Å². The first-order valence-electron chi connectivity index (χ1n) is 7.41. The van der Waals surface area contributed by atoms with Crippen LogP contribution >= 0.6 is 0 Å². The lowest BCUT2D eigenvalue weighted by atomic mass is 10.3. The van der Waals surface area contributed by atoms with Crippen LogP contribution in [0.3, 0.4) is 0 Å². The Labute approximate surface area is 135 Å². The third kappa shape index (κ3) is 3.30. The first-order chi connectivity index (χ1) is 11.1. The molecule has 0 bridgehead atoms. The van der Waals surface area contributed by atoms with Crippen molar-refractivity contribution in [2.75, 3.05) is 19.7 Å². The highest BCUT2D eigenvalue weighted by Crippen LogP contribution is 2.28. The minimum absolute atomic E-state index is 0.101. The van der Waals surface area contributed by atoms with Gasteiger partial charge >= 0.3 is 0 Å². The molecule has 0 aliphatic carbocycles. The largest absolute Gasteiger partial charge is 0.490 e. The predicted octanol–water partition coefficient (Wildman–Crippen LogP) is 1.93. The lowest BCUT2D eigenvalue weighted by molar-refractivity contribution is 0.108. The van der Waals surface area contributed by atoms with E-state index in [9.17, 15) is 8.42 Å². The van der Waals surface area contributed by atoms with Crippen LogP contribution in [0.5, 0.6) is 11.6 Å². The standard InChI is InChI=1S/C16H18N2O4S/c1-2-18-11-14(12-21-13-7-4-3-5-8-13)22-16-15(23(18,19)20)9-6-10-17-16/h3-10,14H,2,11-12H2,1H3. The summed E-state index contributed by atoms with van der Waals surface area (Å²) in [7, 11) is -3.59. The van der Waals surface area contributed by atoms with Crippen LogP contribution in [0.2, 0.25) is 0 Å². The van der Waals surface area contributed by atoms with Gasteiger partial charge in [0.2, 0.25) is 15.9 Å². The zero-order chi connectivity index (χ0) is 16.3. The molecule has 2 heterocycles. The number of pyridine rings is 1. The third-order valence-corrected chi connectivity index (χ3v) is 5.53. The maximum absolute atomic E-state index is 12.6. The number of hydrogen-bond acceptors (Lipinski definition) is 5. The molecule has 23 heavy (non-hydrogen) atoms. The molecule has 122 valence electrons. The molecule has 6 nitrogen and oxygen atoms in total. The maximum atomic E-state index is 12.6. The van der Waals surface area contributed by atoms with Crippen molar-refractivity contribution in [2.24, 2.45) is 0 Å². The first kappa shape index (κ1) is 15.8. The van der Waals surface area contributed by atoms with E-state index in [-0.39, 0.29) is 23.9 Å². The fraction of sp³-hybridized carbons (Fsp3) is 0.312. The molecule has 2 aromatic rings. The van der Waals surface area contributed by atoms with Gasteiger partial charge in [-0.3, -0.25) is 0 Å². The van der Waals surface area contributed by atoms with Gasteiger partial charge in [0.25, 0.3) is 0 Å². The Morgan fingerprint density at radius 2 is 2.04 bits per heavy atom. The van der Waals surface area contributed by atoms with Crippen molar-refractivity contribution in [1.29, 1.82) is 0 Å². The maximum Gasteiger partial charge on any atom is 0.248 e. The van der Waals surface area contributed by atoms with E-state index in [0.717, 1.165) is 0 Å². The molecule has 0 saturated carbocycles. The summed E-state index contributed by atoms with van der Waals surface area (Å²) in [5, 5.41) is 0. The number of nitrogens with zero attached hydrogens (tertiary/aromatic N) is 2. The van der Waals surface area contributed by atoms with Crippen molar-refractivity contribution in [1.82, 2.24) is 9.29 Å². The van der Waals surface area contributed by atoms with E-state index in [0.29, 0.717) is 12.3 Å². The highest BCUT2D eigenvalue weighted by Gasteiger charge is 2.34. The minimum Gasteiger partial charge on any atom is -0.490 e. The van der Waals surface area contributed by atoms with E-state index in [1.54, 1.807) is 13.0 Å². The summed E-state index contributed by atoms with van der Waals surface area (Å²) in [4.78, 5) is 4.17. The molecule has 0 radical (unpaired) electrons. The van der Waals surface area contributed by atoms with Gasteiger partial charge in [0, 0.05) is 12.7 Å². The molecule has 3 rings (SSSR count). The molecule has 0 saturated heterocycles. The number of likely N-dealkylation sites (N-methyl/N-ethyl adjacent to an activating group) is 1. The Morgan fingerprint density at radius 1 is 1.26 bits per heavy atom. The van der Waals surface area contributed by atoms with Crippen molar-refractivity contribution in [3.8, 4) is 11.6 Å². The average molecular weight is 334 g/mol. The zero-order valence-electron chi connectivity index (χ0n) is 12.8. The Hall–Kier alpha value is -2.12. The lowest BCUT2D eigenvalue weighted by Crippen LogP contribution is -2.39. The molecule has 1 aromatic carbocycles. The molecule has 0 spiro atoms. The molecular formula is C16H18N2O4S. The number of sulfonamides is 1. The van der Waals surface area contributed by atoms with E-state index < -0.39 is 16.1 Å². The third-order valence-electron chi connectivity index (χ3n) is 3.57. The monoisotopic (exact) mass is 334 g/mol. The van der Waals surface area contributed by atoms with Crippen LogP contribution in [0, 0.1) is 0 Å². The number of para-hydroxylation sites is 1. The fourth-order valence-corrected chi connectivity index (χ4v) is 3.96. The SMILES string of the molecule is CCN1CC(COc2ccccc2)Oc2ncccc2S1(=O)=O. The summed E-state index contributed by atoms with van der Waals surface area (Å²) in [5.41, 5.74) is 0. The number of hydrogen-bond donors (Lipinski definition) is 0. The van der Waals surface area contributed by atoms with Crippen LogP contribution in [0.15, 0.2) is 53.6 Å². The summed E-state index contributed by atoms with van der Waals surface area (Å²) in [6.45, 7) is 2.63. The van der Waals surface area contributed by atoms with Crippen molar-refractivity contribution in [3.63, 3.8) is 0 Å². The van der Waals surface area contributed by atoms with Gasteiger partial charge in [0.05, 0.1) is 6.54 Å². The van der Waals surface area contributed by atoms with E-state index in [4.69, 9.17) is 9.47 Å². The second-order valence-corrected chi connectivity index (χ2v) is 7.03. The molecule has 0 N–H and O–H groups in total. The van der Waals surface area contributed by atoms with Crippen molar-refractivity contribution in [2.45, 2.75) is 17.9 Å². The molecule has 0 fully saturated rings. The number of ether oxygens (including phenoxy) is 2. The first-order valence-corrected chi connectivity index (χ1v) is 8.85. The Kier molecular flexibility index (Phi) is 4.49. The van der Waals surface area contributed by atoms with Crippen molar-refractivity contribution in [3.05, 3.63) is 48.7 Å². The number of fused-ring (bicyclic) bond motifs is 1. The smallest absolute Gasteiger partial charge is 0.248 e. The van der Waals surface area contributed by atoms with Gasteiger partial charge in [-0.1, -0.05) is 25.1 Å². The molecule has 1 aliphatic heterocycles. The fourth-order valence-electron chi connectivity index (χ4n) is 2.41. The van der Waals surface area contributed by atoms with Gasteiger partial charge in [-0.05, 0) is 24.3 Å². The van der Waals surface area contributed by atoms with E-state index >= 15 is 0 Å². The number of aromatic nitrogens is 1. The van der Waals surface area contributed by atoms with Crippen LogP contribution < -0.4 is 9.47 Å².